The SMILES string of the molecule is COc1ccc(CCC(=O)N2CCC[C@]3(CCNC3)C2)cc1OC. The summed E-state index contributed by atoms with van der Waals surface area (Å²) in [6, 6.07) is 5.87. The van der Waals surface area contributed by atoms with Crippen LogP contribution in [0.4, 0.5) is 0 Å². The lowest BCUT2D eigenvalue weighted by atomic mass is 9.79. The summed E-state index contributed by atoms with van der Waals surface area (Å²) in [5.41, 5.74) is 1.44. The van der Waals surface area contributed by atoms with Crippen LogP contribution in [0.25, 0.3) is 0 Å². The van der Waals surface area contributed by atoms with E-state index in [1.54, 1.807) is 14.2 Å². The minimum absolute atomic E-state index is 0.274. The predicted molar refractivity (Wildman–Crippen MR) is 93.6 cm³/mol. The zero-order valence-electron chi connectivity index (χ0n) is 14.8. The van der Waals surface area contributed by atoms with Crippen LogP contribution in [0.15, 0.2) is 18.2 Å². The van der Waals surface area contributed by atoms with Gasteiger partial charge in [-0.2, -0.15) is 0 Å². The standard InChI is InChI=1S/C19H28N2O3/c1-23-16-6-4-15(12-17(16)24-2)5-7-18(22)21-11-3-8-19(14-21)9-10-20-13-19/h4,6,12,20H,3,5,7-11,13-14H2,1-2H3/t19-/m1/s1. The summed E-state index contributed by atoms with van der Waals surface area (Å²) in [7, 11) is 3.26. The number of nitrogens with one attached hydrogen (secondary N) is 1. The highest BCUT2D eigenvalue weighted by atomic mass is 16.5. The van der Waals surface area contributed by atoms with Crippen LogP contribution < -0.4 is 14.8 Å². The summed E-state index contributed by atoms with van der Waals surface area (Å²) in [5.74, 6) is 1.71. The Kier molecular flexibility index (Phi) is 5.29. The number of benzene rings is 1. The van der Waals surface area contributed by atoms with Gasteiger partial charge in [0.25, 0.3) is 0 Å². The largest absolute Gasteiger partial charge is 0.493 e. The fourth-order valence-corrected chi connectivity index (χ4v) is 4.01. The first-order chi connectivity index (χ1) is 11.7. The van der Waals surface area contributed by atoms with Crippen molar-refractivity contribution in [2.24, 2.45) is 5.41 Å². The Labute approximate surface area is 144 Å². The van der Waals surface area contributed by atoms with E-state index in [4.69, 9.17) is 9.47 Å². The van der Waals surface area contributed by atoms with Crippen molar-refractivity contribution in [3.63, 3.8) is 0 Å². The van der Waals surface area contributed by atoms with E-state index in [1.165, 1.54) is 12.8 Å². The van der Waals surface area contributed by atoms with Crippen molar-refractivity contribution in [2.75, 3.05) is 40.4 Å². The van der Waals surface area contributed by atoms with E-state index in [-0.39, 0.29) is 5.91 Å². The molecular formula is C19H28N2O3. The molecule has 2 heterocycles. The average molecular weight is 332 g/mol. The summed E-state index contributed by atoms with van der Waals surface area (Å²) in [5, 5.41) is 3.46. The Morgan fingerprint density at radius 3 is 2.79 bits per heavy atom. The summed E-state index contributed by atoms with van der Waals surface area (Å²) in [4.78, 5) is 14.7. The molecule has 3 rings (SSSR count). The summed E-state index contributed by atoms with van der Waals surface area (Å²) in [6.07, 6.45) is 4.87. The Morgan fingerprint density at radius 2 is 2.08 bits per heavy atom. The van der Waals surface area contributed by atoms with E-state index in [1.807, 2.05) is 18.2 Å². The van der Waals surface area contributed by atoms with Crippen LogP contribution in [0, 0.1) is 5.41 Å². The molecule has 1 spiro atoms. The number of carbonyl (C=O) groups is 1. The molecule has 0 aliphatic carbocycles. The molecule has 2 fully saturated rings. The second-order valence-electron chi connectivity index (χ2n) is 7.03. The van der Waals surface area contributed by atoms with Gasteiger partial charge in [0.15, 0.2) is 11.5 Å². The molecule has 1 aromatic rings. The lowest BCUT2D eigenvalue weighted by molar-refractivity contribution is -0.134. The molecule has 2 saturated heterocycles. The zero-order chi connectivity index (χ0) is 17.0. The summed E-state index contributed by atoms with van der Waals surface area (Å²) >= 11 is 0. The third-order valence-electron chi connectivity index (χ3n) is 5.42. The Balaban J connectivity index is 1.57. The molecule has 5 nitrogen and oxygen atoms in total. The monoisotopic (exact) mass is 332 g/mol. The molecule has 0 aromatic heterocycles. The van der Waals surface area contributed by atoms with Gasteiger partial charge < -0.3 is 19.7 Å². The molecule has 1 atom stereocenters. The van der Waals surface area contributed by atoms with E-state index in [9.17, 15) is 4.79 Å². The van der Waals surface area contributed by atoms with Gasteiger partial charge in [0.2, 0.25) is 5.91 Å². The first-order valence-electron chi connectivity index (χ1n) is 8.85. The highest BCUT2D eigenvalue weighted by Crippen LogP contribution is 2.35. The fourth-order valence-electron chi connectivity index (χ4n) is 4.01. The lowest BCUT2D eigenvalue weighted by Gasteiger charge is -2.40. The van der Waals surface area contributed by atoms with Crippen LogP contribution in [-0.2, 0) is 11.2 Å². The van der Waals surface area contributed by atoms with Crippen LogP contribution >= 0.6 is 0 Å². The molecule has 1 amide bonds. The van der Waals surface area contributed by atoms with Crippen molar-refractivity contribution in [1.29, 1.82) is 0 Å². The number of ether oxygens (including phenoxy) is 2. The maximum Gasteiger partial charge on any atom is 0.222 e. The Hall–Kier alpha value is -1.75. The lowest BCUT2D eigenvalue weighted by Crippen LogP contribution is -2.47. The number of hydrogen-bond acceptors (Lipinski definition) is 4. The summed E-state index contributed by atoms with van der Waals surface area (Å²) < 4.78 is 10.6. The quantitative estimate of drug-likeness (QED) is 0.898. The normalized spacial score (nSPS) is 23.5. The molecule has 0 saturated carbocycles. The van der Waals surface area contributed by atoms with Crippen LogP contribution in [0.3, 0.4) is 0 Å². The smallest absolute Gasteiger partial charge is 0.222 e. The van der Waals surface area contributed by atoms with E-state index < -0.39 is 0 Å². The van der Waals surface area contributed by atoms with Crippen molar-refractivity contribution in [3.05, 3.63) is 23.8 Å². The minimum atomic E-state index is 0.274. The number of hydrogen-bond donors (Lipinski definition) is 1. The maximum atomic E-state index is 12.6. The van der Waals surface area contributed by atoms with Gasteiger partial charge in [-0.3, -0.25) is 4.79 Å². The van der Waals surface area contributed by atoms with E-state index in [0.29, 0.717) is 11.8 Å². The number of aryl methyl sites for hydroxylation is 1. The van der Waals surface area contributed by atoms with Crippen molar-refractivity contribution < 1.29 is 14.3 Å². The van der Waals surface area contributed by atoms with Gasteiger partial charge in [-0.05, 0) is 49.9 Å². The fraction of sp³-hybridized carbons (Fsp3) is 0.632. The van der Waals surface area contributed by atoms with E-state index in [2.05, 4.69) is 10.2 Å². The number of nitrogens with zero attached hydrogens (tertiary/aromatic N) is 1. The number of carbonyl (C=O) groups excluding carboxylic acids is 1. The molecule has 132 valence electrons. The Bertz CT molecular complexity index is 582. The number of amides is 1. The first kappa shape index (κ1) is 17.1. The van der Waals surface area contributed by atoms with Gasteiger partial charge in [0, 0.05) is 31.5 Å². The molecule has 1 aromatic carbocycles. The number of piperidine rings is 1. The molecule has 24 heavy (non-hydrogen) atoms. The predicted octanol–water partition coefficient (Wildman–Crippen LogP) is 2.24. The van der Waals surface area contributed by atoms with Gasteiger partial charge in [-0.15, -0.1) is 0 Å². The molecule has 0 bridgehead atoms. The molecular weight excluding hydrogens is 304 g/mol. The minimum Gasteiger partial charge on any atom is -0.493 e. The zero-order valence-corrected chi connectivity index (χ0v) is 14.8. The molecule has 1 N–H and O–H groups in total. The van der Waals surface area contributed by atoms with E-state index >= 15 is 0 Å². The molecule has 0 radical (unpaired) electrons. The highest BCUT2D eigenvalue weighted by Gasteiger charge is 2.39. The molecule has 2 aliphatic rings. The van der Waals surface area contributed by atoms with Gasteiger partial charge in [0.1, 0.15) is 0 Å². The first-order valence-corrected chi connectivity index (χ1v) is 8.85. The average Bonchev–Trinajstić information content (AvgIpc) is 3.06. The number of rotatable bonds is 5. The van der Waals surface area contributed by atoms with Crippen LogP contribution in [0.2, 0.25) is 0 Å². The van der Waals surface area contributed by atoms with E-state index in [0.717, 1.165) is 56.1 Å². The van der Waals surface area contributed by atoms with Crippen LogP contribution in [-0.4, -0.2) is 51.2 Å². The van der Waals surface area contributed by atoms with Crippen LogP contribution in [0.1, 0.15) is 31.2 Å². The molecule has 2 aliphatic heterocycles. The third-order valence-corrected chi connectivity index (χ3v) is 5.42. The molecule has 0 unspecified atom stereocenters. The third kappa shape index (κ3) is 3.66. The number of methoxy groups -OCH3 is 2. The second-order valence-corrected chi connectivity index (χ2v) is 7.03. The van der Waals surface area contributed by atoms with Crippen LogP contribution in [0.5, 0.6) is 11.5 Å². The van der Waals surface area contributed by atoms with Crippen molar-refractivity contribution in [1.82, 2.24) is 10.2 Å². The molecule has 5 heteroatoms. The van der Waals surface area contributed by atoms with Crippen molar-refractivity contribution in [2.45, 2.75) is 32.1 Å². The van der Waals surface area contributed by atoms with Gasteiger partial charge >= 0.3 is 0 Å². The maximum absolute atomic E-state index is 12.6. The summed E-state index contributed by atoms with van der Waals surface area (Å²) in [6.45, 7) is 3.98. The second kappa shape index (κ2) is 7.43. The van der Waals surface area contributed by atoms with Gasteiger partial charge in [0.05, 0.1) is 14.2 Å². The topological polar surface area (TPSA) is 50.8 Å². The highest BCUT2D eigenvalue weighted by molar-refractivity contribution is 5.76. The Morgan fingerprint density at radius 1 is 1.25 bits per heavy atom. The number of likely N-dealkylation sites (tertiary alicyclic amines) is 1. The van der Waals surface area contributed by atoms with Gasteiger partial charge in [-0.25, -0.2) is 0 Å². The van der Waals surface area contributed by atoms with Crippen molar-refractivity contribution >= 4 is 5.91 Å². The van der Waals surface area contributed by atoms with Crippen molar-refractivity contribution in [3.8, 4) is 11.5 Å². The van der Waals surface area contributed by atoms with Gasteiger partial charge in [-0.1, -0.05) is 6.07 Å².